The van der Waals surface area contributed by atoms with E-state index in [4.69, 9.17) is 5.11 Å². The maximum absolute atomic E-state index is 10.9. The van der Waals surface area contributed by atoms with E-state index in [0.29, 0.717) is 5.56 Å². The first kappa shape index (κ1) is 12.4. The molecule has 0 amide bonds. The van der Waals surface area contributed by atoms with Gasteiger partial charge in [-0.3, -0.25) is 0 Å². The molecular weight excluding hydrogens is 224 g/mol. The smallest absolute Gasteiger partial charge is 0.335 e. The number of aromatic carboxylic acids is 1. The van der Waals surface area contributed by atoms with Crippen molar-refractivity contribution in [2.45, 2.75) is 19.8 Å². The molecule has 0 saturated heterocycles. The number of carboxylic acids is 1. The minimum absolute atomic E-state index is 0.365. The number of aryl methyl sites for hydroxylation is 3. The number of hydrogen-bond acceptors (Lipinski definition) is 1. The van der Waals surface area contributed by atoms with E-state index in [1.54, 1.807) is 12.1 Å². The van der Waals surface area contributed by atoms with Crippen LogP contribution in [-0.4, -0.2) is 11.1 Å². The van der Waals surface area contributed by atoms with Crippen molar-refractivity contribution in [3.63, 3.8) is 0 Å². The summed E-state index contributed by atoms with van der Waals surface area (Å²) in [7, 11) is 0. The molecule has 1 N–H and O–H groups in total. The Morgan fingerprint density at radius 1 is 1.06 bits per heavy atom. The molecule has 0 atom stereocenters. The molecule has 0 aliphatic rings. The number of benzene rings is 2. The van der Waals surface area contributed by atoms with Gasteiger partial charge >= 0.3 is 5.97 Å². The first-order chi connectivity index (χ1) is 8.66. The van der Waals surface area contributed by atoms with Crippen molar-refractivity contribution in [2.24, 2.45) is 0 Å². The monoisotopic (exact) mass is 240 g/mol. The van der Waals surface area contributed by atoms with Crippen molar-refractivity contribution in [1.82, 2.24) is 0 Å². The van der Waals surface area contributed by atoms with Crippen LogP contribution < -0.4 is 0 Å². The lowest BCUT2D eigenvalue weighted by atomic mass is 9.98. The Labute approximate surface area is 107 Å². The zero-order valence-electron chi connectivity index (χ0n) is 10.4. The average molecular weight is 240 g/mol. The largest absolute Gasteiger partial charge is 0.478 e. The lowest BCUT2D eigenvalue weighted by molar-refractivity contribution is 0.0697. The summed E-state index contributed by atoms with van der Waals surface area (Å²) in [5.74, 6) is -0.865. The number of hydrogen-bond donors (Lipinski definition) is 1. The second-order valence-corrected chi connectivity index (χ2v) is 4.43. The molecule has 2 aromatic carbocycles. The van der Waals surface area contributed by atoms with Gasteiger partial charge in [-0.2, -0.15) is 0 Å². The zero-order valence-corrected chi connectivity index (χ0v) is 10.4. The van der Waals surface area contributed by atoms with Crippen molar-refractivity contribution >= 4 is 5.97 Å². The Morgan fingerprint density at radius 2 is 1.78 bits per heavy atom. The number of carbonyl (C=O) groups is 1. The van der Waals surface area contributed by atoms with E-state index < -0.39 is 5.97 Å². The Morgan fingerprint density at radius 3 is 2.44 bits per heavy atom. The molecular formula is C16H16O2. The molecule has 0 saturated carbocycles. The molecule has 0 unspecified atom stereocenters. The summed E-state index contributed by atoms with van der Waals surface area (Å²) in [6.45, 7) is 2.02. The number of rotatable bonds is 4. The van der Waals surface area contributed by atoms with Crippen LogP contribution in [0.25, 0.3) is 0 Å². The summed E-state index contributed by atoms with van der Waals surface area (Å²) < 4.78 is 0. The number of carboxylic acid groups (broad SMARTS) is 1. The second kappa shape index (κ2) is 5.50. The van der Waals surface area contributed by atoms with Crippen LogP contribution in [0.4, 0.5) is 0 Å². The van der Waals surface area contributed by atoms with Gasteiger partial charge in [-0.15, -0.1) is 0 Å². The topological polar surface area (TPSA) is 37.3 Å². The van der Waals surface area contributed by atoms with Crippen molar-refractivity contribution < 1.29 is 9.90 Å². The van der Waals surface area contributed by atoms with Gasteiger partial charge < -0.3 is 5.11 Å². The van der Waals surface area contributed by atoms with Gasteiger partial charge in [-0.1, -0.05) is 36.4 Å². The fraction of sp³-hybridized carbons (Fsp3) is 0.188. The highest BCUT2D eigenvalue weighted by Crippen LogP contribution is 2.14. The van der Waals surface area contributed by atoms with Gasteiger partial charge in [0.1, 0.15) is 0 Å². The van der Waals surface area contributed by atoms with E-state index in [1.165, 1.54) is 5.56 Å². The molecule has 0 aliphatic heterocycles. The van der Waals surface area contributed by atoms with Crippen molar-refractivity contribution in [3.05, 3.63) is 70.8 Å². The van der Waals surface area contributed by atoms with Gasteiger partial charge in [0.2, 0.25) is 0 Å². The maximum atomic E-state index is 10.9. The molecule has 2 rings (SSSR count). The fourth-order valence-electron chi connectivity index (χ4n) is 2.00. The zero-order chi connectivity index (χ0) is 13.0. The third-order valence-electron chi connectivity index (χ3n) is 3.12. The molecule has 0 bridgehead atoms. The van der Waals surface area contributed by atoms with Crippen molar-refractivity contribution in [3.8, 4) is 0 Å². The summed E-state index contributed by atoms with van der Waals surface area (Å²) >= 11 is 0. The molecule has 2 heteroatoms. The first-order valence-electron chi connectivity index (χ1n) is 6.03. The molecule has 18 heavy (non-hydrogen) atoms. The predicted octanol–water partition coefficient (Wildman–Crippen LogP) is 3.48. The van der Waals surface area contributed by atoms with Gasteiger partial charge in [0.15, 0.2) is 0 Å². The summed E-state index contributed by atoms with van der Waals surface area (Å²) in [5, 5.41) is 8.99. The lowest BCUT2D eigenvalue weighted by Crippen LogP contribution is -2.00. The minimum Gasteiger partial charge on any atom is -0.478 e. The van der Waals surface area contributed by atoms with Gasteiger partial charge in [-0.05, 0) is 48.6 Å². The molecule has 0 heterocycles. The van der Waals surface area contributed by atoms with E-state index in [1.807, 2.05) is 31.2 Å². The average Bonchev–Trinajstić information content (AvgIpc) is 2.38. The SMILES string of the molecule is Cc1ccc(C(=O)O)cc1CCc1ccccc1. The highest BCUT2D eigenvalue weighted by atomic mass is 16.4. The van der Waals surface area contributed by atoms with E-state index in [-0.39, 0.29) is 0 Å². The summed E-state index contributed by atoms with van der Waals surface area (Å²) in [6.07, 6.45) is 1.81. The Balaban J connectivity index is 2.14. The van der Waals surface area contributed by atoms with E-state index in [9.17, 15) is 4.79 Å². The summed E-state index contributed by atoms with van der Waals surface area (Å²) in [6, 6.07) is 15.5. The van der Waals surface area contributed by atoms with Crippen molar-refractivity contribution in [2.75, 3.05) is 0 Å². The third-order valence-corrected chi connectivity index (χ3v) is 3.12. The van der Waals surface area contributed by atoms with E-state index in [0.717, 1.165) is 24.0 Å². The highest BCUT2D eigenvalue weighted by Gasteiger charge is 2.06. The minimum atomic E-state index is -0.865. The molecule has 0 aromatic heterocycles. The second-order valence-electron chi connectivity index (χ2n) is 4.43. The molecule has 0 radical (unpaired) electrons. The van der Waals surface area contributed by atoms with E-state index in [2.05, 4.69) is 12.1 Å². The van der Waals surface area contributed by atoms with Gasteiger partial charge in [0, 0.05) is 0 Å². The van der Waals surface area contributed by atoms with Crippen molar-refractivity contribution in [1.29, 1.82) is 0 Å². The van der Waals surface area contributed by atoms with Crippen LogP contribution in [0.15, 0.2) is 48.5 Å². The third kappa shape index (κ3) is 2.98. The van der Waals surface area contributed by atoms with Crippen LogP contribution in [0.5, 0.6) is 0 Å². The van der Waals surface area contributed by atoms with Crippen LogP contribution >= 0.6 is 0 Å². The summed E-state index contributed by atoms with van der Waals surface area (Å²) in [4.78, 5) is 10.9. The van der Waals surface area contributed by atoms with E-state index >= 15 is 0 Å². The lowest BCUT2D eigenvalue weighted by Gasteiger charge is -2.07. The van der Waals surface area contributed by atoms with Gasteiger partial charge in [0.05, 0.1) is 5.56 Å². The molecule has 0 aliphatic carbocycles. The first-order valence-corrected chi connectivity index (χ1v) is 6.03. The predicted molar refractivity (Wildman–Crippen MR) is 72.0 cm³/mol. The van der Waals surface area contributed by atoms with Gasteiger partial charge in [0.25, 0.3) is 0 Å². The van der Waals surface area contributed by atoms with Gasteiger partial charge in [-0.25, -0.2) is 4.79 Å². The standard InChI is InChI=1S/C16H16O2/c1-12-7-9-15(16(17)18)11-14(12)10-8-13-5-3-2-4-6-13/h2-7,9,11H,8,10H2,1H3,(H,17,18). The maximum Gasteiger partial charge on any atom is 0.335 e. The van der Waals surface area contributed by atoms with Crippen LogP contribution in [0, 0.1) is 6.92 Å². The molecule has 0 fully saturated rings. The van der Waals surface area contributed by atoms with Crippen LogP contribution in [-0.2, 0) is 12.8 Å². The highest BCUT2D eigenvalue weighted by molar-refractivity contribution is 5.87. The Kier molecular flexibility index (Phi) is 3.78. The Bertz CT molecular complexity index is 544. The molecule has 2 aromatic rings. The Hall–Kier alpha value is -2.09. The molecule has 2 nitrogen and oxygen atoms in total. The van der Waals surface area contributed by atoms with Crippen LogP contribution in [0.2, 0.25) is 0 Å². The fourth-order valence-corrected chi connectivity index (χ4v) is 2.00. The van der Waals surface area contributed by atoms with Crippen LogP contribution in [0.3, 0.4) is 0 Å². The summed E-state index contributed by atoms with van der Waals surface area (Å²) in [5.41, 5.74) is 3.90. The quantitative estimate of drug-likeness (QED) is 0.888. The van der Waals surface area contributed by atoms with Crippen LogP contribution in [0.1, 0.15) is 27.0 Å². The normalized spacial score (nSPS) is 10.3. The molecule has 92 valence electrons. The molecule has 0 spiro atoms.